The number of benzene rings is 4. The first-order chi connectivity index (χ1) is 21.1. The lowest BCUT2D eigenvalue weighted by molar-refractivity contribution is 0.460. The maximum absolute atomic E-state index is 10.3. The van der Waals surface area contributed by atoms with E-state index in [1.54, 1.807) is 18.2 Å². The number of hydrogen-bond acceptors (Lipinski definition) is 5. The average Bonchev–Trinajstić information content (AvgIpc) is 3.51. The lowest BCUT2D eigenvalue weighted by atomic mass is 9.90. The molecule has 1 aliphatic carbocycles. The molecule has 5 heteroatoms. The molecule has 2 atom stereocenters. The van der Waals surface area contributed by atoms with Crippen LogP contribution >= 0.6 is 0 Å². The van der Waals surface area contributed by atoms with Crippen LogP contribution in [0.5, 0.6) is 17.4 Å². The number of amidine groups is 1. The summed E-state index contributed by atoms with van der Waals surface area (Å²) < 4.78 is 24.7. The summed E-state index contributed by atoms with van der Waals surface area (Å²) in [6.45, 7) is 8.83. The predicted molar refractivity (Wildman–Crippen MR) is 170 cm³/mol. The number of aromatic nitrogens is 1. The molecule has 1 aliphatic heterocycles. The Hall–Kier alpha value is -4.64. The molecule has 1 N–H and O–H groups in total. The van der Waals surface area contributed by atoms with Crippen molar-refractivity contribution in [2.75, 3.05) is 4.90 Å². The van der Waals surface area contributed by atoms with E-state index in [4.69, 9.17) is 9.73 Å². The van der Waals surface area contributed by atoms with E-state index < -0.39 is 12.4 Å². The third-order valence-corrected chi connectivity index (χ3v) is 8.22. The van der Waals surface area contributed by atoms with Crippen LogP contribution in [0.25, 0.3) is 10.9 Å². The van der Waals surface area contributed by atoms with Gasteiger partial charge in [-0.15, -0.1) is 0 Å². The van der Waals surface area contributed by atoms with Crippen LogP contribution in [0.1, 0.15) is 76.1 Å². The lowest BCUT2D eigenvalue weighted by Crippen LogP contribution is -2.34. The number of aliphatic imine (C=N–C) groups is 1. The minimum absolute atomic E-state index is 0.100. The molecule has 0 spiro atoms. The smallest absolute Gasteiger partial charge is 0.219 e. The van der Waals surface area contributed by atoms with Crippen LogP contribution in [0.3, 0.4) is 0 Å². The van der Waals surface area contributed by atoms with Gasteiger partial charge in [0.15, 0.2) is 0 Å². The number of hydrogen-bond donors (Lipinski definition) is 1. The van der Waals surface area contributed by atoms with E-state index in [1.807, 2.05) is 54.6 Å². The van der Waals surface area contributed by atoms with Crippen LogP contribution in [-0.4, -0.2) is 22.0 Å². The van der Waals surface area contributed by atoms with E-state index in [1.165, 1.54) is 11.1 Å². The molecule has 210 valence electrons. The highest BCUT2D eigenvalue weighted by Crippen LogP contribution is 2.49. The van der Waals surface area contributed by atoms with Crippen LogP contribution in [-0.2, 0) is 6.37 Å². The first-order valence-electron chi connectivity index (χ1n) is 15.6. The standard InChI is InChI=1S/C37H35N3O2/c1-22(2)28-15-9-16-29(23(3)4)35(28)40-36-30-14-6-5-10-25(30)21-31(36)38-37(40)26-12-7-13-27(20-26)42-33-19-18-24-11-8-17-32(41)34(24)39-33/h5-20,22-23,31,36,41H,21H2,1-4H3/t31-,36-/m0/s1/i21D2. The molecule has 7 rings (SSSR count). The van der Waals surface area contributed by atoms with Crippen molar-refractivity contribution in [3.05, 3.63) is 125 Å². The summed E-state index contributed by atoms with van der Waals surface area (Å²) in [5, 5.41) is 11.2. The van der Waals surface area contributed by atoms with Gasteiger partial charge in [-0.2, -0.15) is 0 Å². The summed E-state index contributed by atoms with van der Waals surface area (Å²) in [4.78, 5) is 12.1. The summed E-state index contributed by atoms with van der Waals surface area (Å²) in [6, 6.07) is 30.2. The van der Waals surface area contributed by atoms with E-state index >= 15 is 0 Å². The molecule has 0 saturated heterocycles. The number of phenolic OH excluding ortho intramolecular Hbond substituents is 1. The predicted octanol–water partition coefficient (Wildman–Crippen LogP) is 8.91. The highest BCUT2D eigenvalue weighted by atomic mass is 16.5. The van der Waals surface area contributed by atoms with Gasteiger partial charge in [-0.3, -0.25) is 4.99 Å². The van der Waals surface area contributed by atoms with E-state index in [0.717, 1.165) is 28.0 Å². The van der Waals surface area contributed by atoms with Crippen molar-refractivity contribution in [1.82, 2.24) is 4.98 Å². The van der Waals surface area contributed by atoms with Gasteiger partial charge in [0.2, 0.25) is 5.88 Å². The molecule has 2 heterocycles. The summed E-state index contributed by atoms with van der Waals surface area (Å²) in [5.41, 5.74) is 6.52. The SMILES string of the molecule is [2H]C1([2H])c2ccccc2[C@H]2[C@H]1N=C(c1cccc(Oc3ccc4cccc(O)c4n3)c1)N2c1c(C(C)C)cccc1C(C)C. The van der Waals surface area contributed by atoms with Crippen LogP contribution in [0, 0.1) is 0 Å². The highest BCUT2D eigenvalue weighted by Gasteiger charge is 2.45. The maximum Gasteiger partial charge on any atom is 0.219 e. The fourth-order valence-electron chi connectivity index (χ4n) is 6.24. The summed E-state index contributed by atoms with van der Waals surface area (Å²) >= 11 is 0. The van der Waals surface area contributed by atoms with Crippen molar-refractivity contribution in [3.63, 3.8) is 0 Å². The fraction of sp³-hybridized carbons (Fsp3) is 0.243. The quantitative estimate of drug-likeness (QED) is 0.227. The lowest BCUT2D eigenvalue weighted by Gasteiger charge is -2.34. The number of rotatable bonds is 6. The largest absolute Gasteiger partial charge is 0.506 e. The molecule has 0 radical (unpaired) electrons. The zero-order chi connectivity index (χ0) is 30.7. The van der Waals surface area contributed by atoms with Crippen molar-refractivity contribution >= 4 is 22.4 Å². The Labute approximate surface area is 250 Å². The van der Waals surface area contributed by atoms with Gasteiger partial charge in [0.1, 0.15) is 22.9 Å². The third kappa shape index (κ3) is 4.40. The molecule has 2 aliphatic rings. The van der Waals surface area contributed by atoms with Crippen molar-refractivity contribution < 1.29 is 12.6 Å². The van der Waals surface area contributed by atoms with Gasteiger partial charge < -0.3 is 14.7 Å². The van der Waals surface area contributed by atoms with E-state index in [-0.39, 0.29) is 23.6 Å². The topological polar surface area (TPSA) is 58.0 Å². The normalized spacial score (nSPS) is 19.5. The first kappa shape index (κ1) is 24.0. The zero-order valence-electron chi connectivity index (χ0n) is 26.2. The highest BCUT2D eigenvalue weighted by molar-refractivity contribution is 6.13. The molecule has 1 aromatic heterocycles. The molecule has 5 aromatic rings. The Bertz CT molecular complexity index is 1910. The monoisotopic (exact) mass is 555 g/mol. The first-order valence-corrected chi connectivity index (χ1v) is 14.6. The molecule has 0 amide bonds. The molecule has 42 heavy (non-hydrogen) atoms. The van der Waals surface area contributed by atoms with Crippen molar-refractivity contribution in [2.24, 2.45) is 4.99 Å². The van der Waals surface area contributed by atoms with Gasteiger partial charge in [0.05, 0.1) is 17.8 Å². The summed E-state index contributed by atoms with van der Waals surface area (Å²) in [6.07, 6.45) is -1.63. The number of ether oxygens (including phenoxy) is 1. The molecular weight excluding hydrogens is 518 g/mol. The number of aromatic hydroxyl groups is 1. The van der Waals surface area contributed by atoms with Crippen molar-refractivity contribution in [1.29, 1.82) is 0 Å². The third-order valence-electron chi connectivity index (χ3n) is 8.22. The molecule has 0 saturated carbocycles. The maximum atomic E-state index is 10.3. The van der Waals surface area contributed by atoms with Gasteiger partial charge >= 0.3 is 0 Å². The average molecular weight is 556 g/mol. The number of phenols is 1. The fourth-order valence-corrected chi connectivity index (χ4v) is 6.24. The van der Waals surface area contributed by atoms with E-state index in [0.29, 0.717) is 22.7 Å². The number of anilines is 1. The van der Waals surface area contributed by atoms with E-state index in [2.05, 4.69) is 61.8 Å². The van der Waals surface area contributed by atoms with Crippen molar-refractivity contribution in [3.8, 4) is 17.4 Å². The Morgan fingerprint density at radius 1 is 0.857 bits per heavy atom. The second kappa shape index (κ2) is 10.3. The second-order valence-electron chi connectivity index (χ2n) is 11.7. The molecule has 4 aromatic carbocycles. The Balaban J connectivity index is 1.38. The van der Waals surface area contributed by atoms with Crippen LogP contribution in [0.2, 0.25) is 0 Å². The summed E-state index contributed by atoms with van der Waals surface area (Å²) in [7, 11) is 0. The number of para-hydroxylation sites is 2. The van der Waals surface area contributed by atoms with Gasteiger partial charge in [-0.25, -0.2) is 4.98 Å². The minimum Gasteiger partial charge on any atom is -0.506 e. The van der Waals surface area contributed by atoms with Crippen LogP contribution in [0.4, 0.5) is 5.69 Å². The molecule has 5 nitrogen and oxygen atoms in total. The van der Waals surface area contributed by atoms with E-state index in [9.17, 15) is 7.85 Å². The Morgan fingerprint density at radius 3 is 2.38 bits per heavy atom. The van der Waals surface area contributed by atoms with Gasteiger partial charge in [0, 0.05) is 19.8 Å². The van der Waals surface area contributed by atoms with Gasteiger partial charge in [-0.1, -0.05) is 94.4 Å². The van der Waals surface area contributed by atoms with Gasteiger partial charge in [0.25, 0.3) is 0 Å². The van der Waals surface area contributed by atoms with Gasteiger partial charge in [-0.05, 0) is 64.7 Å². The molecule has 0 unspecified atom stereocenters. The molecule has 0 fully saturated rings. The summed E-state index contributed by atoms with van der Waals surface area (Å²) in [5.74, 6) is 2.28. The van der Waals surface area contributed by atoms with Crippen molar-refractivity contribution in [2.45, 2.75) is 58.0 Å². The van der Waals surface area contributed by atoms with Crippen LogP contribution in [0.15, 0.2) is 102 Å². The minimum atomic E-state index is -1.63. The number of fused-ring (bicyclic) bond motifs is 4. The Morgan fingerprint density at radius 2 is 1.60 bits per heavy atom. The zero-order valence-corrected chi connectivity index (χ0v) is 24.2. The molecule has 0 bridgehead atoms. The Kier molecular flexibility index (Phi) is 5.90. The number of pyridine rings is 1. The van der Waals surface area contributed by atoms with Crippen LogP contribution < -0.4 is 9.64 Å². The second-order valence-corrected chi connectivity index (χ2v) is 11.7. The molecular formula is C37H35N3O2. The number of nitrogens with zero attached hydrogens (tertiary/aromatic N) is 3.